The summed E-state index contributed by atoms with van der Waals surface area (Å²) < 4.78 is 24.3. The van der Waals surface area contributed by atoms with E-state index in [0.717, 1.165) is 0 Å². The summed E-state index contributed by atoms with van der Waals surface area (Å²) in [6, 6.07) is 0. The lowest BCUT2D eigenvalue weighted by Crippen LogP contribution is -2.39. The Bertz CT molecular complexity index is 342. The third-order valence-corrected chi connectivity index (χ3v) is 4.62. The van der Waals surface area contributed by atoms with E-state index in [2.05, 4.69) is 5.32 Å². The van der Waals surface area contributed by atoms with Crippen molar-refractivity contribution in [3.8, 4) is 0 Å². The zero-order valence-corrected chi connectivity index (χ0v) is 10.3. The first-order chi connectivity index (χ1) is 7.47. The second-order valence-corrected chi connectivity index (χ2v) is 6.08. The summed E-state index contributed by atoms with van der Waals surface area (Å²) in [5.41, 5.74) is 5.34. The fourth-order valence-electron chi connectivity index (χ4n) is 1.53. The highest BCUT2D eigenvalue weighted by Crippen LogP contribution is 2.11. The normalized spacial score (nSPS) is 21.9. The van der Waals surface area contributed by atoms with E-state index in [1.165, 1.54) is 4.31 Å². The Labute approximate surface area is 96.2 Å². The van der Waals surface area contributed by atoms with Gasteiger partial charge in [0.1, 0.15) is 0 Å². The Hall–Kier alpha value is -0.660. The Morgan fingerprint density at radius 3 is 2.75 bits per heavy atom. The van der Waals surface area contributed by atoms with Gasteiger partial charge >= 0.3 is 0 Å². The molecule has 0 bridgehead atoms. The van der Waals surface area contributed by atoms with Gasteiger partial charge in [0.25, 0.3) is 0 Å². The number of amides is 1. The molecule has 0 aliphatic carbocycles. The lowest BCUT2D eigenvalue weighted by molar-refractivity contribution is -0.124. The van der Waals surface area contributed by atoms with Crippen molar-refractivity contribution < 1.29 is 13.2 Å². The molecular weight excluding hydrogens is 230 g/mol. The zero-order chi connectivity index (χ0) is 12.2. The molecule has 0 aromatic heterocycles. The fraction of sp³-hybridized carbons (Fsp3) is 0.889. The van der Waals surface area contributed by atoms with E-state index < -0.39 is 10.0 Å². The first-order valence-corrected chi connectivity index (χ1v) is 7.04. The highest BCUT2D eigenvalue weighted by atomic mass is 32.2. The van der Waals surface area contributed by atoms with Crippen LogP contribution in [0, 0.1) is 5.92 Å². The van der Waals surface area contributed by atoms with Gasteiger partial charge in [-0.3, -0.25) is 4.79 Å². The summed E-state index contributed by atoms with van der Waals surface area (Å²) in [4.78, 5) is 11.4. The molecule has 1 atom stereocenters. The number of nitrogens with zero attached hydrogens (tertiary/aromatic N) is 1. The van der Waals surface area contributed by atoms with Crippen molar-refractivity contribution in [3.63, 3.8) is 0 Å². The SMILES string of the molecule is CC(CN)C(=O)NCCN1CCCS1(=O)=O. The van der Waals surface area contributed by atoms with E-state index in [0.29, 0.717) is 32.6 Å². The third-order valence-electron chi connectivity index (χ3n) is 2.66. The molecule has 1 aliphatic heterocycles. The molecule has 16 heavy (non-hydrogen) atoms. The van der Waals surface area contributed by atoms with Crippen LogP contribution in [0.25, 0.3) is 0 Å². The van der Waals surface area contributed by atoms with Gasteiger partial charge in [-0.25, -0.2) is 12.7 Å². The van der Waals surface area contributed by atoms with Crippen LogP contribution < -0.4 is 11.1 Å². The van der Waals surface area contributed by atoms with Crippen LogP contribution in [-0.2, 0) is 14.8 Å². The maximum atomic E-state index is 11.4. The van der Waals surface area contributed by atoms with E-state index in [9.17, 15) is 13.2 Å². The summed E-state index contributed by atoms with van der Waals surface area (Å²) >= 11 is 0. The molecule has 1 unspecified atom stereocenters. The van der Waals surface area contributed by atoms with E-state index in [4.69, 9.17) is 5.73 Å². The molecule has 1 fully saturated rings. The second kappa shape index (κ2) is 5.60. The number of rotatable bonds is 5. The largest absolute Gasteiger partial charge is 0.355 e. The maximum Gasteiger partial charge on any atom is 0.224 e. The number of carbonyl (C=O) groups excluding carboxylic acids is 1. The van der Waals surface area contributed by atoms with E-state index in [1.807, 2.05) is 0 Å². The van der Waals surface area contributed by atoms with Crippen molar-refractivity contribution in [2.45, 2.75) is 13.3 Å². The van der Waals surface area contributed by atoms with Crippen LogP contribution in [0.5, 0.6) is 0 Å². The monoisotopic (exact) mass is 249 g/mol. The molecule has 1 amide bonds. The molecule has 0 aromatic carbocycles. The van der Waals surface area contributed by atoms with Crippen LogP contribution in [-0.4, -0.2) is 50.6 Å². The summed E-state index contributed by atoms with van der Waals surface area (Å²) in [5.74, 6) is -0.130. The Kier molecular flexibility index (Phi) is 4.69. The van der Waals surface area contributed by atoms with Gasteiger partial charge in [-0.2, -0.15) is 0 Å². The van der Waals surface area contributed by atoms with Gasteiger partial charge in [0, 0.05) is 32.1 Å². The molecule has 94 valence electrons. The summed E-state index contributed by atoms with van der Waals surface area (Å²) in [6.07, 6.45) is 0.676. The lowest BCUT2D eigenvalue weighted by Gasteiger charge is -2.15. The predicted octanol–water partition coefficient (Wildman–Crippen LogP) is -1.27. The van der Waals surface area contributed by atoms with Crippen molar-refractivity contribution in [1.82, 2.24) is 9.62 Å². The van der Waals surface area contributed by atoms with E-state index >= 15 is 0 Å². The first-order valence-electron chi connectivity index (χ1n) is 5.43. The van der Waals surface area contributed by atoms with Crippen LogP contribution >= 0.6 is 0 Å². The third kappa shape index (κ3) is 3.43. The molecule has 7 heteroatoms. The van der Waals surface area contributed by atoms with Gasteiger partial charge in [-0.1, -0.05) is 6.92 Å². The van der Waals surface area contributed by atoms with Crippen LogP contribution in [0.4, 0.5) is 0 Å². The topological polar surface area (TPSA) is 92.5 Å². The van der Waals surface area contributed by atoms with Gasteiger partial charge in [0.15, 0.2) is 0 Å². The number of nitrogens with two attached hydrogens (primary N) is 1. The molecule has 1 saturated heterocycles. The molecular formula is C9H19N3O3S. The van der Waals surface area contributed by atoms with Gasteiger partial charge in [-0.15, -0.1) is 0 Å². The molecule has 1 rings (SSSR count). The smallest absolute Gasteiger partial charge is 0.224 e. The highest BCUT2D eigenvalue weighted by molar-refractivity contribution is 7.89. The molecule has 0 radical (unpaired) electrons. The zero-order valence-electron chi connectivity index (χ0n) is 9.48. The van der Waals surface area contributed by atoms with Crippen molar-refractivity contribution >= 4 is 15.9 Å². The van der Waals surface area contributed by atoms with Gasteiger partial charge in [0.05, 0.1) is 5.75 Å². The standard InChI is InChI=1S/C9H19N3O3S/c1-8(7-10)9(13)11-3-5-12-4-2-6-16(12,14)15/h8H,2-7,10H2,1H3,(H,11,13). The summed E-state index contributed by atoms with van der Waals surface area (Å²) in [7, 11) is -3.05. The summed E-state index contributed by atoms with van der Waals surface area (Å²) in [5, 5.41) is 2.67. The molecule has 1 heterocycles. The van der Waals surface area contributed by atoms with Gasteiger partial charge in [-0.05, 0) is 6.42 Å². The quantitative estimate of drug-likeness (QED) is 0.635. The summed E-state index contributed by atoms with van der Waals surface area (Å²) in [6.45, 7) is 3.30. The average Bonchev–Trinajstić information content (AvgIpc) is 2.57. The van der Waals surface area contributed by atoms with Gasteiger partial charge < -0.3 is 11.1 Å². The van der Waals surface area contributed by atoms with E-state index in [-0.39, 0.29) is 17.6 Å². The number of hydrogen-bond donors (Lipinski definition) is 2. The van der Waals surface area contributed by atoms with Crippen molar-refractivity contribution in [2.24, 2.45) is 11.7 Å². The minimum absolute atomic E-state index is 0.126. The van der Waals surface area contributed by atoms with Crippen molar-refractivity contribution in [2.75, 3.05) is 31.9 Å². The molecule has 0 spiro atoms. The Morgan fingerprint density at radius 1 is 1.56 bits per heavy atom. The van der Waals surface area contributed by atoms with Crippen molar-refractivity contribution in [1.29, 1.82) is 0 Å². The number of carbonyl (C=O) groups is 1. The van der Waals surface area contributed by atoms with E-state index in [1.54, 1.807) is 6.92 Å². The predicted molar refractivity (Wildman–Crippen MR) is 61.2 cm³/mol. The number of sulfonamides is 1. The maximum absolute atomic E-state index is 11.4. The Morgan fingerprint density at radius 2 is 2.25 bits per heavy atom. The minimum Gasteiger partial charge on any atom is -0.355 e. The first kappa shape index (κ1) is 13.4. The van der Waals surface area contributed by atoms with Crippen LogP contribution in [0.2, 0.25) is 0 Å². The number of nitrogens with one attached hydrogen (secondary N) is 1. The minimum atomic E-state index is -3.05. The second-order valence-electron chi connectivity index (χ2n) is 4.00. The van der Waals surface area contributed by atoms with Gasteiger partial charge in [0.2, 0.25) is 15.9 Å². The number of hydrogen-bond acceptors (Lipinski definition) is 4. The molecule has 3 N–H and O–H groups in total. The Balaban J connectivity index is 2.28. The molecule has 0 saturated carbocycles. The molecule has 1 aliphatic rings. The van der Waals surface area contributed by atoms with Crippen LogP contribution in [0.3, 0.4) is 0 Å². The molecule has 0 aromatic rings. The van der Waals surface area contributed by atoms with Crippen molar-refractivity contribution in [3.05, 3.63) is 0 Å². The lowest BCUT2D eigenvalue weighted by atomic mass is 10.2. The van der Waals surface area contributed by atoms with Crippen LogP contribution in [0.15, 0.2) is 0 Å². The van der Waals surface area contributed by atoms with Crippen LogP contribution in [0.1, 0.15) is 13.3 Å². The fourth-order valence-corrected chi connectivity index (χ4v) is 3.06. The highest BCUT2D eigenvalue weighted by Gasteiger charge is 2.27. The molecule has 6 nitrogen and oxygen atoms in total. The average molecular weight is 249 g/mol.